The van der Waals surface area contributed by atoms with Gasteiger partial charge in [-0.15, -0.1) is 0 Å². The van der Waals surface area contributed by atoms with Crippen LogP contribution in [0.1, 0.15) is 10.4 Å². The maximum Gasteiger partial charge on any atom is 0.262 e. The fourth-order valence-corrected chi connectivity index (χ4v) is 2.68. The molecule has 0 saturated heterocycles. The molecule has 1 amide bonds. The Hall–Kier alpha value is -3.47. The molecule has 0 spiro atoms. The Balaban J connectivity index is 1.86. The van der Waals surface area contributed by atoms with Crippen LogP contribution in [0.5, 0.6) is 0 Å². The minimum atomic E-state index is -0.419. The quantitative estimate of drug-likeness (QED) is 0.553. The van der Waals surface area contributed by atoms with Crippen LogP contribution < -0.4 is 10.9 Å². The molecule has 2 N–H and O–H groups in total. The van der Waals surface area contributed by atoms with Crippen molar-refractivity contribution in [3.05, 3.63) is 78.0 Å². The van der Waals surface area contributed by atoms with Crippen molar-refractivity contribution in [2.75, 3.05) is 5.32 Å². The number of fused-ring (bicyclic) bond motifs is 3. The molecule has 5 nitrogen and oxygen atoms in total. The van der Waals surface area contributed by atoms with Gasteiger partial charge >= 0.3 is 0 Å². The minimum Gasteiger partial charge on any atom is -0.438 e. The Labute approximate surface area is 137 Å². The lowest BCUT2D eigenvalue weighted by Gasteiger charge is -2.07. The van der Waals surface area contributed by atoms with Crippen molar-refractivity contribution in [2.45, 2.75) is 0 Å². The average molecular weight is 315 g/mol. The summed E-state index contributed by atoms with van der Waals surface area (Å²) in [5.74, 6) is 0.0113. The van der Waals surface area contributed by atoms with Crippen LogP contribution in [0.3, 0.4) is 0 Å². The molecular formula is C19H13N3O2. The number of hydrogen-bond acceptors (Lipinski definition) is 4. The van der Waals surface area contributed by atoms with Gasteiger partial charge in [-0.25, -0.2) is 4.98 Å². The summed E-state index contributed by atoms with van der Waals surface area (Å²) in [6.45, 7) is 0. The lowest BCUT2D eigenvalue weighted by atomic mass is 10.0. The number of carbonyl (C=O) groups excluding carboxylic acids is 1. The van der Waals surface area contributed by atoms with E-state index in [0.29, 0.717) is 11.4 Å². The molecule has 0 unspecified atom stereocenters. The van der Waals surface area contributed by atoms with Crippen LogP contribution in [0, 0.1) is 5.41 Å². The van der Waals surface area contributed by atoms with Gasteiger partial charge in [0.25, 0.3) is 5.91 Å². The Morgan fingerprint density at radius 1 is 1.00 bits per heavy atom. The van der Waals surface area contributed by atoms with E-state index in [1.807, 2.05) is 36.4 Å². The van der Waals surface area contributed by atoms with Gasteiger partial charge in [-0.3, -0.25) is 10.2 Å². The van der Waals surface area contributed by atoms with Crippen molar-refractivity contribution in [1.82, 2.24) is 4.98 Å². The standard InChI is InChI=1S/C19H13N3O2/c20-18-15(19(23)22-17-7-3-4-10-21-17)11-14-13-6-2-1-5-12(13)8-9-16(14)24-18/h1-11,20H,(H,21,22,23). The number of aromatic nitrogens is 1. The molecule has 0 aliphatic carbocycles. The first kappa shape index (κ1) is 14.1. The van der Waals surface area contributed by atoms with E-state index in [2.05, 4.69) is 10.3 Å². The first-order valence-corrected chi connectivity index (χ1v) is 7.45. The highest BCUT2D eigenvalue weighted by atomic mass is 16.3. The van der Waals surface area contributed by atoms with Gasteiger partial charge in [0.15, 0.2) is 0 Å². The van der Waals surface area contributed by atoms with Crippen molar-refractivity contribution >= 4 is 33.5 Å². The second-order valence-electron chi connectivity index (χ2n) is 5.36. The van der Waals surface area contributed by atoms with Gasteiger partial charge in [-0.05, 0) is 35.0 Å². The molecule has 2 heterocycles. The third-order valence-electron chi connectivity index (χ3n) is 3.83. The van der Waals surface area contributed by atoms with Crippen LogP contribution >= 0.6 is 0 Å². The number of hydrogen-bond donors (Lipinski definition) is 2. The SMILES string of the molecule is N=c1oc2ccc3ccccc3c2cc1C(=O)Nc1ccccn1. The van der Waals surface area contributed by atoms with Gasteiger partial charge in [0.05, 0.1) is 0 Å². The number of nitrogens with one attached hydrogen (secondary N) is 2. The van der Waals surface area contributed by atoms with E-state index in [9.17, 15) is 4.79 Å². The first-order valence-electron chi connectivity index (χ1n) is 7.45. The number of nitrogens with zero attached hydrogens (tertiary/aromatic N) is 1. The number of pyridine rings is 1. The highest BCUT2D eigenvalue weighted by Crippen LogP contribution is 2.25. The third-order valence-corrected chi connectivity index (χ3v) is 3.83. The molecule has 0 radical (unpaired) electrons. The second-order valence-corrected chi connectivity index (χ2v) is 5.36. The van der Waals surface area contributed by atoms with Gasteiger partial charge in [0.1, 0.15) is 17.0 Å². The second kappa shape index (κ2) is 5.62. The Bertz CT molecular complexity index is 1120. The van der Waals surface area contributed by atoms with Crippen LogP contribution in [-0.2, 0) is 0 Å². The molecule has 5 heteroatoms. The Morgan fingerprint density at radius 2 is 1.83 bits per heavy atom. The summed E-state index contributed by atoms with van der Waals surface area (Å²) in [5, 5.41) is 13.5. The van der Waals surface area contributed by atoms with Gasteiger partial charge < -0.3 is 9.73 Å². The molecule has 0 aliphatic heterocycles. The molecule has 2 aromatic carbocycles. The summed E-state index contributed by atoms with van der Waals surface area (Å²) >= 11 is 0. The number of benzene rings is 2. The van der Waals surface area contributed by atoms with Crippen molar-refractivity contribution in [3.8, 4) is 0 Å². The topological polar surface area (TPSA) is 79.0 Å². The molecule has 116 valence electrons. The van der Waals surface area contributed by atoms with Crippen LogP contribution in [0.15, 0.2) is 71.3 Å². The highest BCUT2D eigenvalue weighted by molar-refractivity contribution is 6.10. The number of amides is 1. The highest BCUT2D eigenvalue weighted by Gasteiger charge is 2.13. The van der Waals surface area contributed by atoms with E-state index in [4.69, 9.17) is 9.83 Å². The molecule has 0 fully saturated rings. The van der Waals surface area contributed by atoms with Crippen molar-refractivity contribution < 1.29 is 9.21 Å². The summed E-state index contributed by atoms with van der Waals surface area (Å²) in [7, 11) is 0. The Morgan fingerprint density at radius 3 is 2.67 bits per heavy atom. The summed E-state index contributed by atoms with van der Waals surface area (Å²) < 4.78 is 5.55. The number of anilines is 1. The molecule has 0 atom stereocenters. The molecular weight excluding hydrogens is 302 g/mol. The van der Waals surface area contributed by atoms with Crippen molar-refractivity contribution in [2.24, 2.45) is 0 Å². The van der Waals surface area contributed by atoms with Gasteiger partial charge in [0, 0.05) is 11.6 Å². The minimum absolute atomic E-state index is 0.171. The molecule has 4 rings (SSSR count). The molecule has 24 heavy (non-hydrogen) atoms. The molecule has 2 aromatic heterocycles. The molecule has 0 bridgehead atoms. The van der Waals surface area contributed by atoms with E-state index in [0.717, 1.165) is 16.2 Å². The number of carbonyl (C=O) groups is 1. The lowest BCUT2D eigenvalue weighted by molar-refractivity contribution is 0.102. The third kappa shape index (κ3) is 2.42. The summed E-state index contributed by atoms with van der Waals surface area (Å²) in [6, 6.07) is 18.5. The van der Waals surface area contributed by atoms with Gasteiger partial charge in [-0.1, -0.05) is 36.4 Å². The summed E-state index contributed by atoms with van der Waals surface area (Å²) in [6.07, 6.45) is 1.59. The smallest absolute Gasteiger partial charge is 0.262 e. The van der Waals surface area contributed by atoms with E-state index in [-0.39, 0.29) is 11.1 Å². The first-order chi connectivity index (χ1) is 11.7. The predicted octanol–water partition coefficient (Wildman–Crippen LogP) is 3.71. The van der Waals surface area contributed by atoms with E-state index >= 15 is 0 Å². The van der Waals surface area contributed by atoms with E-state index in [1.165, 1.54) is 0 Å². The van der Waals surface area contributed by atoms with Crippen LogP contribution in [0.25, 0.3) is 21.7 Å². The average Bonchev–Trinajstić information content (AvgIpc) is 2.61. The molecule has 0 saturated carbocycles. The van der Waals surface area contributed by atoms with E-state index in [1.54, 1.807) is 30.5 Å². The number of rotatable bonds is 2. The predicted molar refractivity (Wildman–Crippen MR) is 91.8 cm³/mol. The molecule has 4 aromatic rings. The summed E-state index contributed by atoms with van der Waals surface area (Å²) in [5.41, 5.74) is 0.573. The zero-order chi connectivity index (χ0) is 16.5. The summed E-state index contributed by atoms with van der Waals surface area (Å²) in [4.78, 5) is 16.5. The van der Waals surface area contributed by atoms with Crippen LogP contribution in [0.2, 0.25) is 0 Å². The fourth-order valence-electron chi connectivity index (χ4n) is 2.68. The zero-order valence-electron chi connectivity index (χ0n) is 12.6. The fraction of sp³-hybridized carbons (Fsp3) is 0. The van der Waals surface area contributed by atoms with E-state index < -0.39 is 5.91 Å². The van der Waals surface area contributed by atoms with Crippen LogP contribution in [-0.4, -0.2) is 10.9 Å². The zero-order valence-corrected chi connectivity index (χ0v) is 12.6. The Kier molecular flexibility index (Phi) is 3.31. The monoisotopic (exact) mass is 315 g/mol. The van der Waals surface area contributed by atoms with Gasteiger partial charge in [-0.2, -0.15) is 0 Å². The van der Waals surface area contributed by atoms with Crippen molar-refractivity contribution in [3.63, 3.8) is 0 Å². The largest absolute Gasteiger partial charge is 0.438 e. The normalized spacial score (nSPS) is 10.8. The van der Waals surface area contributed by atoms with Gasteiger partial charge in [0.2, 0.25) is 5.55 Å². The van der Waals surface area contributed by atoms with Crippen molar-refractivity contribution in [1.29, 1.82) is 5.41 Å². The molecule has 0 aliphatic rings. The van der Waals surface area contributed by atoms with Crippen LogP contribution in [0.4, 0.5) is 5.82 Å². The lowest BCUT2D eigenvalue weighted by Crippen LogP contribution is -2.21. The maximum absolute atomic E-state index is 12.5. The maximum atomic E-state index is 12.5.